The topological polar surface area (TPSA) is 50.4 Å². The molecule has 3 rings (SSSR count). The van der Waals surface area contributed by atoms with Crippen molar-refractivity contribution in [3.63, 3.8) is 0 Å². The van der Waals surface area contributed by atoms with Crippen LogP contribution in [0.2, 0.25) is 0 Å². The van der Waals surface area contributed by atoms with Crippen molar-refractivity contribution in [3.05, 3.63) is 35.9 Å². The van der Waals surface area contributed by atoms with E-state index in [9.17, 15) is 4.79 Å². The van der Waals surface area contributed by atoms with E-state index in [-0.39, 0.29) is 24.0 Å². The molecule has 2 aliphatic rings. The average Bonchev–Trinajstić information content (AvgIpc) is 2.56. The van der Waals surface area contributed by atoms with Gasteiger partial charge in [-0.2, -0.15) is 0 Å². The fourth-order valence-electron chi connectivity index (χ4n) is 3.30. The molecule has 114 valence electrons. The van der Waals surface area contributed by atoms with Gasteiger partial charge in [0.2, 0.25) is 5.91 Å². The van der Waals surface area contributed by atoms with Crippen LogP contribution in [0.25, 0.3) is 0 Å². The largest absolute Gasteiger partial charge is 0.373 e. The maximum Gasteiger partial charge on any atom is 0.226 e. The zero-order chi connectivity index (χ0) is 14.5. The van der Waals surface area contributed by atoms with Gasteiger partial charge < -0.3 is 15.4 Å². The minimum absolute atomic E-state index is 0.0666. The lowest BCUT2D eigenvalue weighted by Crippen LogP contribution is -2.49. The Morgan fingerprint density at radius 3 is 2.81 bits per heavy atom. The van der Waals surface area contributed by atoms with Gasteiger partial charge in [0.25, 0.3) is 0 Å². The molecular formula is C17H24N2O2. The summed E-state index contributed by atoms with van der Waals surface area (Å²) >= 11 is 0. The first kappa shape index (κ1) is 14.5. The minimum atomic E-state index is -0.100. The molecule has 0 bridgehead atoms. The van der Waals surface area contributed by atoms with Gasteiger partial charge in [0.05, 0.1) is 12.0 Å². The first-order chi connectivity index (χ1) is 10.3. The predicted octanol–water partition coefficient (Wildman–Crippen LogP) is 2.02. The van der Waals surface area contributed by atoms with Gasteiger partial charge in [-0.1, -0.05) is 30.3 Å². The molecule has 3 unspecified atom stereocenters. The number of hydrogen-bond donors (Lipinski definition) is 2. The molecule has 4 heteroatoms. The monoisotopic (exact) mass is 288 g/mol. The zero-order valence-corrected chi connectivity index (χ0v) is 12.4. The molecule has 2 fully saturated rings. The van der Waals surface area contributed by atoms with E-state index in [2.05, 4.69) is 22.8 Å². The van der Waals surface area contributed by atoms with Gasteiger partial charge >= 0.3 is 0 Å². The number of benzene rings is 1. The van der Waals surface area contributed by atoms with Gasteiger partial charge in [-0.15, -0.1) is 0 Å². The summed E-state index contributed by atoms with van der Waals surface area (Å²) in [6, 6.07) is 10.4. The summed E-state index contributed by atoms with van der Waals surface area (Å²) in [5.74, 6) is 0.0836. The van der Waals surface area contributed by atoms with Crippen molar-refractivity contribution >= 4 is 5.91 Å². The van der Waals surface area contributed by atoms with Gasteiger partial charge in [-0.25, -0.2) is 0 Å². The van der Waals surface area contributed by atoms with Crippen LogP contribution in [0.4, 0.5) is 0 Å². The van der Waals surface area contributed by atoms with Crippen LogP contribution in [0.3, 0.4) is 0 Å². The molecule has 4 nitrogen and oxygen atoms in total. The van der Waals surface area contributed by atoms with Crippen LogP contribution in [0.15, 0.2) is 30.3 Å². The summed E-state index contributed by atoms with van der Waals surface area (Å²) in [6.45, 7) is 2.69. The number of nitrogens with one attached hydrogen (secondary N) is 2. The van der Waals surface area contributed by atoms with Crippen molar-refractivity contribution in [2.24, 2.45) is 5.92 Å². The van der Waals surface area contributed by atoms with Crippen LogP contribution < -0.4 is 10.6 Å². The van der Waals surface area contributed by atoms with Crippen molar-refractivity contribution < 1.29 is 9.53 Å². The summed E-state index contributed by atoms with van der Waals surface area (Å²) in [5, 5.41) is 6.55. The number of piperidine rings is 1. The molecule has 21 heavy (non-hydrogen) atoms. The van der Waals surface area contributed by atoms with E-state index >= 15 is 0 Å². The SMILES string of the molecule is O=C(NC1CCCNC1)C1CCCOC1c1ccccc1. The quantitative estimate of drug-likeness (QED) is 0.894. The summed E-state index contributed by atoms with van der Waals surface area (Å²) in [4.78, 5) is 12.6. The number of hydrogen-bond acceptors (Lipinski definition) is 3. The van der Waals surface area contributed by atoms with E-state index < -0.39 is 0 Å². The Morgan fingerprint density at radius 2 is 2.05 bits per heavy atom. The second-order valence-corrected chi connectivity index (χ2v) is 6.00. The molecule has 1 aromatic carbocycles. The normalized spacial score (nSPS) is 29.8. The highest BCUT2D eigenvalue weighted by Gasteiger charge is 2.33. The molecule has 3 atom stereocenters. The Bertz CT molecular complexity index is 457. The van der Waals surface area contributed by atoms with E-state index in [1.165, 1.54) is 0 Å². The molecule has 1 aromatic rings. The molecule has 2 saturated heterocycles. The summed E-state index contributed by atoms with van der Waals surface area (Å²) in [6.07, 6.45) is 3.98. The number of ether oxygens (including phenoxy) is 1. The third-order valence-electron chi connectivity index (χ3n) is 4.43. The average molecular weight is 288 g/mol. The third-order valence-corrected chi connectivity index (χ3v) is 4.43. The lowest BCUT2D eigenvalue weighted by Gasteiger charge is -2.33. The van der Waals surface area contributed by atoms with Gasteiger partial charge in [0.15, 0.2) is 0 Å². The number of carbonyl (C=O) groups is 1. The maximum atomic E-state index is 12.6. The minimum Gasteiger partial charge on any atom is -0.373 e. The van der Waals surface area contributed by atoms with Crippen LogP contribution in [0, 0.1) is 5.92 Å². The molecule has 0 saturated carbocycles. The van der Waals surface area contributed by atoms with E-state index in [1.807, 2.05) is 18.2 Å². The van der Waals surface area contributed by atoms with E-state index in [0.717, 1.165) is 50.9 Å². The second kappa shape index (κ2) is 7.05. The van der Waals surface area contributed by atoms with Crippen LogP contribution in [0.5, 0.6) is 0 Å². The van der Waals surface area contributed by atoms with E-state index in [4.69, 9.17) is 4.74 Å². The van der Waals surface area contributed by atoms with Gasteiger partial charge in [0.1, 0.15) is 0 Å². The molecule has 1 amide bonds. The van der Waals surface area contributed by atoms with Gasteiger partial charge in [-0.3, -0.25) is 4.79 Å². The molecule has 0 aromatic heterocycles. The molecule has 0 aliphatic carbocycles. The van der Waals surface area contributed by atoms with Gasteiger partial charge in [-0.05, 0) is 37.8 Å². The fraction of sp³-hybridized carbons (Fsp3) is 0.588. The number of amides is 1. The summed E-state index contributed by atoms with van der Waals surface area (Å²) in [5.41, 5.74) is 1.11. The Morgan fingerprint density at radius 1 is 1.19 bits per heavy atom. The summed E-state index contributed by atoms with van der Waals surface area (Å²) in [7, 11) is 0. The molecule has 0 radical (unpaired) electrons. The first-order valence-corrected chi connectivity index (χ1v) is 8.02. The van der Waals surface area contributed by atoms with E-state index in [1.54, 1.807) is 0 Å². The van der Waals surface area contributed by atoms with Crippen LogP contribution in [-0.4, -0.2) is 31.6 Å². The van der Waals surface area contributed by atoms with Crippen molar-refractivity contribution in [2.75, 3.05) is 19.7 Å². The van der Waals surface area contributed by atoms with E-state index in [0.29, 0.717) is 0 Å². The first-order valence-electron chi connectivity index (χ1n) is 8.02. The number of rotatable bonds is 3. The molecule has 0 spiro atoms. The fourth-order valence-corrected chi connectivity index (χ4v) is 3.30. The molecule has 2 heterocycles. The number of carbonyl (C=O) groups excluding carboxylic acids is 1. The van der Waals surface area contributed by atoms with Crippen LogP contribution >= 0.6 is 0 Å². The van der Waals surface area contributed by atoms with Crippen molar-refractivity contribution in [3.8, 4) is 0 Å². The lowest BCUT2D eigenvalue weighted by atomic mass is 9.88. The van der Waals surface area contributed by atoms with Crippen LogP contribution in [0.1, 0.15) is 37.4 Å². The van der Waals surface area contributed by atoms with Crippen molar-refractivity contribution in [1.82, 2.24) is 10.6 Å². The Balaban J connectivity index is 1.67. The molecule has 2 N–H and O–H groups in total. The molecular weight excluding hydrogens is 264 g/mol. The van der Waals surface area contributed by atoms with Crippen LogP contribution in [-0.2, 0) is 9.53 Å². The standard InChI is InChI=1S/C17H24N2O2/c20-17(19-14-8-4-10-18-12-14)15-9-5-11-21-16(15)13-6-2-1-3-7-13/h1-3,6-7,14-16,18H,4-5,8-12H2,(H,19,20). The summed E-state index contributed by atoms with van der Waals surface area (Å²) < 4.78 is 5.91. The maximum absolute atomic E-state index is 12.6. The predicted molar refractivity (Wildman–Crippen MR) is 81.9 cm³/mol. The third kappa shape index (κ3) is 3.63. The Labute approximate surface area is 126 Å². The Hall–Kier alpha value is -1.39. The highest BCUT2D eigenvalue weighted by atomic mass is 16.5. The lowest BCUT2D eigenvalue weighted by molar-refractivity contribution is -0.135. The highest BCUT2D eigenvalue weighted by molar-refractivity contribution is 5.80. The van der Waals surface area contributed by atoms with Gasteiger partial charge in [0, 0.05) is 19.2 Å². The molecule has 2 aliphatic heterocycles. The second-order valence-electron chi connectivity index (χ2n) is 6.00. The van der Waals surface area contributed by atoms with Crippen molar-refractivity contribution in [1.29, 1.82) is 0 Å². The highest BCUT2D eigenvalue weighted by Crippen LogP contribution is 2.33. The Kier molecular flexibility index (Phi) is 4.88. The zero-order valence-electron chi connectivity index (χ0n) is 12.4. The van der Waals surface area contributed by atoms with Crippen molar-refractivity contribution in [2.45, 2.75) is 37.8 Å². The smallest absolute Gasteiger partial charge is 0.226 e.